The Morgan fingerprint density at radius 2 is 1.68 bits per heavy atom. The summed E-state index contributed by atoms with van der Waals surface area (Å²) in [5.41, 5.74) is -0.432. The molecular formula is C16H16F3N5O. The van der Waals surface area contributed by atoms with Crippen molar-refractivity contribution in [2.24, 2.45) is 0 Å². The molecule has 0 spiro atoms. The van der Waals surface area contributed by atoms with Gasteiger partial charge in [0.2, 0.25) is 5.95 Å². The number of carbonyl (C=O) groups excluding carboxylic acids is 1. The molecule has 0 atom stereocenters. The lowest BCUT2D eigenvalue weighted by Gasteiger charge is -2.15. The minimum Gasteiger partial charge on any atom is -0.341 e. The molecule has 0 saturated carbocycles. The number of hydrogen-bond acceptors (Lipinski definition) is 4. The Balaban J connectivity index is 1.61. The van der Waals surface area contributed by atoms with Crippen molar-refractivity contribution in [3.05, 3.63) is 42.2 Å². The molecule has 132 valence electrons. The van der Waals surface area contributed by atoms with Crippen molar-refractivity contribution in [1.82, 2.24) is 9.97 Å². The van der Waals surface area contributed by atoms with E-state index in [0.29, 0.717) is 11.6 Å². The van der Waals surface area contributed by atoms with Crippen LogP contribution in [0, 0.1) is 0 Å². The van der Waals surface area contributed by atoms with Gasteiger partial charge in [-0.15, -0.1) is 0 Å². The van der Waals surface area contributed by atoms with Crippen molar-refractivity contribution in [3.63, 3.8) is 0 Å². The Hall–Kier alpha value is -2.84. The Morgan fingerprint density at radius 1 is 1.04 bits per heavy atom. The van der Waals surface area contributed by atoms with Crippen molar-refractivity contribution < 1.29 is 18.0 Å². The minimum atomic E-state index is -4.46. The van der Waals surface area contributed by atoms with Crippen LogP contribution in [-0.4, -0.2) is 29.1 Å². The van der Waals surface area contributed by atoms with Crippen LogP contribution < -0.4 is 15.5 Å². The number of nitrogens with one attached hydrogen (secondary N) is 2. The van der Waals surface area contributed by atoms with E-state index in [1.165, 1.54) is 24.5 Å². The van der Waals surface area contributed by atoms with Crippen LogP contribution in [0.25, 0.3) is 0 Å². The first kappa shape index (κ1) is 17.0. The zero-order chi connectivity index (χ0) is 17.9. The van der Waals surface area contributed by atoms with Gasteiger partial charge in [0.05, 0.1) is 23.6 Å². The third-order valence-electron chi connectivity index (χ3n) is 3.73. The maximum absolute atomic E-state index is 12.7. The molecule has 0 unspecified atom stereocenters. The minimum absolute atomic E-state index is 0.0435. The van der Waals surface area contributed by atoms with Crippen LogP contribution in [0.15, 0.2) is 36.7 Å². The predicted molar refractivity (Wildman–Crippen MR) is 87.6 cm³/mol. The molecule has 1 aliphatic rings. The Labute approximate surface area is 142 Å². The topological polar surface area (TPSA) is 70.2 Å². The molecular weight excluding hydrogens is 335 g/mol. The molecule has 1 fully saturated rings. The van der Waals surface area contributed by atoms with Gasteiger partial charge >= 0.3 is 12.2 Å². The highest BCUT2D eigenvalue weighted by Gasteiger charge is 2.30. The number of rotatable bonds is 3. The summed E-state index contributed by atoms with van der Waals surface area (Å²) < 4.78 is 38.0. The van der Waals surface area contributed by atoms with Crippen LogP contribution in [-0.2, 0) is 6.18 Å². The summed E-state index contributed by atoms with van der Waals surface area (Å²) in [5.74, 6) is 0.598. The Bertz CT molecular complexity index is 742. The smallest absolute Gasteiger partial charge is 0.341 e. The third kappa shape index (κ3) is 4.37. The lowest BCUT2D eigenvalue weighted by molar-refractivity contribution is -0.137. The fraction of sp³-hybridized carbons (Fsp3) is 0.312. The fourth-order valence-electron chi connectivity index (χ4n) is 2.53. The standard InChI is InChI=1S/C16H16F3N5O/c17-16(18,19)11-4-3-5-12(8-11)22-15(25)23-13-9-20-14(21-10-13)24-6-1-2-7-24/h3-5,8-10H,1-2,6-7H2,(H2,22,23,25). The van der Waals surface area contributed by atoms with E-state index in [9.17, 15) is 18.0 Å². The van der Waals surface area contributed by atoms with Crippen LogP contribution in [0.4, 0.5) is 35.3 Å². The van der Waals surface area contributed by atoms with E-state index in [2.05, 4.69) is 20.6 Å². The molecule has 1 saturated heterocycles. The van der Waals surface area contributed by atoms with E-state index in [0.717, 1.165) is 38.1 Å². The number of nitrogens with zero attached hydrogens (tertiary/aromatic N) is 3. The van der Waals surface area contributed by atoms with Gasteiger partial charge in [0.25, 0.3) is 0 Å². The summed E-state index contributed by atoms with van der Waals surface area (Å²) >= 11 is 0. The summed E-state index contributed by atoms with van der Waals surface area (Å²) in [6, 6.07) is 3.74. The van der Waals surface area contributed by atoms with Crippen LogP contribution in [0.2, 0.25) is 0 Å². The zero-order valence-electron chi connectivity index (χ0n) is 13.2. The van der Waals surface area contributed by atoms with Gasteiger partial charge in [-0.2, -0.15) is 13.2 Å². The van der Waals surface area contributed by atoms with Crippen LogP contribution >= 0.6 is 0 Å². The largest absolute Gasteiger partial charge is 0.416 e. The Kier molecular flexibility index (Phi) is 4.73. The highest BCUT2D eigenvalue weighted by molar-refractivity contribution is 5.99. The second-order valence-corrected chi connectivity index (χ2v) is 5.62. The predicted octanol–water partition coefficient (Wildman–Crippen LogP) is 3.74. The fourth-order valence-corrected chi connectivity index (χ4v) is 2.53. The molecule has 1 aromatic heterocycles. The molecule has 2 heterocycles. The van der Waals surface area contributed by atoms with E-state index in [1.54, 1.807) is 0 Å². The molecule has 2 aromatic rings. The van der Waals surface area contributed by atoms with Gasteiger partial charge in [0, 0.05) is 18.8 Å². The van der Waals surface area contributed by atoms with E-state index in [1.807, 2.05) is 4.90 Å². The Morgan fingerprint density at radius 3 is 2.32 bits per heavy atom. The number of hydrogen-bond donors (Lipinski definition) is 2. The van der Waals surface area contributed by atoms with Gasteiger partial charge < -0.3 is 15.5 Å². The van der Waals surface area contributed by atoms with Crippen molar-refractivity contribution in [2.75, 3.05) is 28.6 Å². The van der Waals surface area contributed by atoms with E-state index >= 15 is 0 Å². The van der Waals surface area contributed by atoms with Crippen molar-refractivity contribution in [1.29, 1.82) is 0 Å². The quantitative estimate of drug-likeness (QED) is 0.884. The van der Waals surface area contributed by atoms with Crippen molar-refractivity contribution >= 4 is 23.4 Å². The molecule has 0 aliphatic carbocycles. The number of anilines is 3. The third-order valence-corrected chi connectivity index (χ3v) is 3.73. The van der Waals surface area contributed by atoms with Gasteiger partial charge in [0.1, 0.15) is 0 Å². The number of alkyl halides is 3. The lowest BCUT2D eigenvalue weighted by Crippen LogP contribution is -2.22. The second-order valence-electron chi connectivity index (χ2n) is 5.62. The number of aromatic nitrogens is 2. The first-order valence-electron chi connectivity index (χ1n) is 7.74. The maximum atomic E-state index is 12.7. The second kappa shape index (κ2) is 6.96. The van der Waals surface area contributed by atoms with Crippen LogP contribution in [0.3, 0.4) is 0 Å². The van der Waals surface area contributed by atoms with Gasteiger partial charge in [-0.3, -0.25) is 0 Å². The first-order valence-corrected chi connectivity index (χ1v) is 7.74. The first-order chi connectivity index (χ1) is 11.9. The molecule has 3 rings (SSSR count). The van der Waals surface area contributed by atoms with E-state index in [-0.39, 0.29) is 5.69 Å². The molecule has 9 heteroatoms. The van der Waals surface area contributed by atoms with Crippen LogP contribution in [0.1, 0.15) is 18.4 Å². The van der Waals surface area contributed by atoms with Gasteiger partial charge in [0.15, 0.2) is 0 Å². The lowest BCUT2D eigenvalue weighted by atomic mass is 10.2. The molecule has 25 heavy (non-hydrogen) atoms. The van der Waals surface area contributed by atoms with Crippen molar-refractivity contribution in [3.8, 4) is 0 Å². The number of halogens is 3. The SMILES string of the molecule is O=C(Nc1cnc(N2CCCC2)nc1)Nc1cccc(C(F)(F)F)c1. The summed E-state index contributed by atoms with van der Waals surface area (Å²) in [6.45, 7) is 1.81. The monoisotopic (exact) mass is 351 g/mol. The number of benzene rings is 1. The molecule has 1 aliphatic heterocycles. The molecule has 2 amide bonds. The summed E-state index contributed by atoms with van der Waals surface area (Å²) in [6.07, 6.45) is 0.664. The summed E-state index contributed by atoms with van der Waals surface area (Å²) in [7, 11) is 0. The zero-order valence-corrected chi connectivity index (χ0v) is 13.2. The average molecular weight is 351 g/mol. The molecule has 0 bridgehead atoms. The van der Waals surface area contributed by atoms with Gasteiger partial charge in [-0.25, -0.2) is 14.8 Å². The molecule has 0 radical (unpaired) electrons. The molecule has 1 aromatic carbocycles. The maximum Gasteiger partial charge on any atom is 0.416 e. The highest BCUT2D eigenvalue weighted by Crippen LogP contribution is 2.30. The number of urea groups is 1. The average Bonchev–Trinajstić information content (AvgIpc) is 3.09. The van der Waals surface area contributed by atoms with Crippen molar-refractivity contribution in [2.45, 2.75) is 19.0 Å². The highest BCUT2D eigenvalue weighted by atomic mass is 19.4. The van der Waals surface area contributed by atoms with Crippen LogP contribution in [0.5, 0.6) is 0 Å². The van der Waals surface area contributed by atoms with Gasteiger partial charge in [-0.05, 0) is 31.0 Å². The molecule has 2 N–H and O–H groups in total. The number of carbonyl (C=O) groups is 1. The van der Waals surface area contributed by atoms with E-state index in [4.69, 9.17) is 0 Å². The summed E-state index contributed by atoms with van der Waals surface area (Å²) in [4.78, 5) is 22.3. The normalized spacial score (nSPS) is 14.4. The van der Waals surface area contributed by atoms with Gasteiger partial charge in [-0.1, -0.05) is 6.07 Å². The summed E-state index contributed by atoms with van der Waals surface area (Å²) in [5, 5.41) is 4.85. The number of amides is 2. The van der Waals surface area contributed by atoms with E-state index < -0.39 is 17.8 Å². The molecule has 6 nitrogen and oxygen atoms in total.